The Morgan fingerprint density at radius 1 is 1.31 bits per heavy atom. The average molecular weight is 186 g/mol. The van der Waals surface area contributed by atoms with Crippen LogP contribution in [0.4, 0.5) is 0 Å². The number of carbonyl (C=O) groups is 1. The van der Waals surface area contributed by atoms with E-state index in [0.717, 1.165) is 19.3 Å². The first-order valence-electron chi connectivity index (χ1n) is 5.06. The SMILES string of the molecule is CC(C)CC(=O)[C@@H](N)CCCCN. The Bertz CT molecular complexity index is 146. The second-order valence-electron chi connectivity index (χ2n) is 3.96. The van der Waals surface area contributed by atoms with Crippen molar-refractivity contribution < 1.29 is 4.79 Å². The van der Waals surface area contributed by atoms with E-state index in [1.807, 2.05) is 13.8 Å². The van der Waals surface area contributed by atoms with Crippen molar-refractivity contribution in [2.75, 3.05) is 6.54 Å². The van der Waals surface area contributed by atoms with Crippen LogP contribution in [0.15, 0.2) is 0 Å². The first kappa shape index (κ1) is 12.6. The highest BCUT2D eigenvalue weighted by molar-refractivity contribution is 5.83. The molecule has 3 heteroatoms. The monoisotopic (exact) mass is 186 g/mol. The van der Waals surface area contributed by atoms with Gasteiger partial charge in [0.05, 0.1) is 6.04 Å². The number of ketones is 1. The fourth-order valence-corrected chi connectivity index (χ4v) is 1.22. The quantitative estimate of drug-likeness (QED) is 0.584. The highest BCUT2D eigenvalue weighted by Gasteiger charge is 2.13. The zero-order valence-corrected chi connectivity index (χ0v) is 8.75. The second-order valence-corrected chi connectivity index (χ2v) is 3.96. The van der Waals surface area contributed by atoms with Crippen LogP contribution in [0.5, 0.6) is 0 Å². The smallest absolute Gasteiger partial charge is 0.149 e. The van der Waals surface area contributed by atoms with Gasteiger partial charge in [0.25, 0.3) is 0 Å². The van der Waals surface area contributed by atoms with E-state index < -0.39 is 0 Å². The van der Waals surface area contributed by atoms with Crippen LogP contribution in [-0.2, 0) is 4.79 Å². The van der Waals surface area contributed by atoms with Gasteiger partial charge in [0, 0.05) is 6.42 Å². The summed E-state index contributed by atoms with van der Waals surface area (Å²) in [5.74, 6) is 0.597. The molecule has 0 aromatic heterocycles. The third kappa shape index (κ3) is 6.72. The Kier molecular flexibility index (Phi) is 6.82. The van der Waals surface area contributed by atoms with E-state index in [9.17, 15) is 4.79 Å². The van der Waals surface area contributed by atoms with Crippen LogP contribution in [0.3, 0.4) is 0 Å². The molecule has 0 aliphatic heterocycles. The lowest BCUT2D eigenvalue weighted by molar-refractivity contribution is -0.121. The molecule has 0 saturated heterocycles. The van der Waals surface area contributed by atoms with Crippen molar-refractivity contribution in [2.45, 2.75) is 45.6 Å². The average Bonchev–Trinajstić information content (AvgIpc) is 2.03. The summed E-state index contributed by atoms with van der Waals surface area (Å²) in [5, 5.41) is 0. The largest absolute Gasteiger partial charge is 0.330 e. The van der Waals surface area contributed by atoms with Gasteiger partial charge in [0.2, 0.25) is 0 Å². The molecule has 0 aliphatic rings. The molecule has 0 spiro atoms. The number of carbonyl (C=O) groups excluding carboxylic acids is 1. The van der Waals surface area contributed by atoms with E-state index in [0.29, 0.717) is 18.9 Å². The topological polar surface area (TPSA) is 69.1 Å². The highest BCUT2D eigenvalue weighted by Crippen LogP contribution is 2.06. The van der Waals surface area contributed by atoms with Gasteiger partial charge in [-0.25, -0.2) is 0 Å². The van der Waals surface area contributed by atoms with Gasteiger partial charge in [0.15, 0.2) is 0 Å². The normalized spacial score (nSPS) is 13.3. The Morgan fingerprint density at radius 2 is 1.92 bits per heavy atom. The van der Waals surface area contributed by atoms with Gasteiger partial charge >= 0.3 is 0 Å². The van der Waals surface area contributed by atoms with Crippen LogP contribution in [0.1, 0.15) is 39.5 Å². The predicted molar refractivity (Wildman–Crippen MR) is 55.3 cm³/mol. The van der Waals surface area contributed by atoms with Gasteiger partial charge in [-0.3, -0.25) is 4.79 Å². The summed E-state index contributed by atoms with van der Waals surface area (Å²) in [6.45, 7) is 4.75. The molecular weight excluding hydrogens is 164 g/mol. The molecule has 0 aromatic carbocycles. The van der Waals surface area contributed by atoms with Crippen LogP contribution in [0.2, 0.25) is 0 Å². The third-order valence-corrected chi connectivity index (χ3v) is 1.99. The van der Waals surface area contributed by atoms with Crippen molar-refractivity contribution >= 4 is 5.78 Å². The lowest BCUT2D eigenvalue weighted by Gasteiger charge is -2.11. The van der Waals surface area contributed by atoms with Gasteiger partial charge in [-0.2, -0.15) is 0 Å². The summed E-state index contributed by atoms with van der Waals surface area (Å²) in [6, 6.07) is -0.269. The van der Waals surface area contributed by atoms with Gasteiger partial charge in [0.1, 0.15) is 5.78 Å². The zero-order valence-electron chi connectivity index (χ0n) is 8.75. The van der Waals surface area contributed by atoms with E-state index >= 15 is 0 Å². The number of hydrogen-bond donors (Lipinski definition) is 2. The number of Topliss-reactive ketones (excluding diaryl/α,β-unsaturated/α-hetero) is 1. The summed E-state index contributed by atoms with van der Waals surface area (Å²) in [7, 11) is 0. The van der Waals surface area contributed by atoms with E-state index in [-0.39, 0.29) is 11.8 Å². The van der Waals surface area contributed by atoms with Crippen LogP contribution >= 0.6 is 0 Å². The first-order valence-corrected chi connectivity index (χ1v) is 5.06. The van der Waals surface area contributed by atoms with E-state index in [2.05, 4.69) is 0 Å². The van der Waals surface area contributed by atoms with Crippen molar-refractivity contribution in [1.82, 2.24) is 0 Å². The molecule has 3 nitrogen and oxygen atoms in total. The second kappa shape index (κ2) is 7.04. The highest BCUT2D eigenvalue weighted by atomic mass is 16.1. The van der Waals surface area contributed by atoms with Crippen LogP contribution in [0, 0.1) is 5.92 Å². The Labute approximate surface area is 80.9 Å². The zero-order chi connectivity index (χ0) is 10.3. The molecule has 0 aromatic rings. The Balaban J connectivity index is 3.57. The summed E-state index contributed by atoms with van der Waals surface area (Å²) in [4.78, 5) is 11.4. The maximum atomic E-state index is 11.4. The lowest BCUT2D eigenvalue weighted by Crippen LogP contribution is -2.31. The third-order valence-electron chi connectivity index (χ3n) is 1.99. The molecule has 0 bridgehead atoms. The minimum Gasteiger partial charge on any atom is -0.330 e. The molecule has 0 radical (unpaired) electrons. The molecule has 0 heterocycles. The molecule has 0 aliphatic carbocycles. The molecule has 0 fully saturated rings. The minimum atomic E-state index is -0.269. The van der Waals surface area contributed by atoms with Crippen molar-refractivity contribution in [3.8, 4) is 0 Å². The molecular formula is C10H22N2O. The summed E-state index contributed by atoms with van der Waals surface area (Å²) < 4.78 is 0. The maximum absolute atomic E-state index is 11.4. The molecule has 0 amide bonds. The van der Waals surface area contributed by atoms with Crippen LogP contribution < -0.4 is 11.5 Å². The fourth-order valence-electron chi connectivity index (χ4n) is 1.22. The van der Waals surface area contributed by atoms with E-state index in [4.69, 9.17) is 11.5 Å². The fraction of sp³-hybridized carbons (Fsp3) is 0.900. The molecule has 78 valence electrons. The van der Waals surface area contributed by atoms with Gasteiger partial charge < -0.3 is 11.5 Å². The molecule has 0 saturated carbocycles. The number of nitrogens with two attached hydrogens (primary N) is 2. The number of unbranched alkanes of at least 4 members (excludes halogenated alkanes) is 1. The van der Waals surface area contributed by atoms with Crippen molar-refractivity contribution in [3.05, 3.63) is 0 Å². The van der Waals surface area contributed by atoms with Crippen molar-refractivity contribution in [2.24, 2.45) is 17.4 Å². The number of hydrogen-bond acceptors (Lipinski definition) is 3. The summed E-state index contributed by atoms with van der Waals surface area (Å²) >= 11 is 0. The van der Waals surface area contributed by atoms with Gasteiger partial charge in [-0.05, 0) is 25.3 Å². The van der Waals surface area contributed by atoms with Crippen LogP contribution in [0.25, 0.3) is 0 Å². The predicted octanol–water partition coefficient (Wildman–Crippen LogP) is 1.06. The molecule has 1 atom stereocenters. The maximum Gasteiger partial charge on any atom is 0.149 e. The van der Waals surface area contributed by atoms with Crippen molar-refractivity contribution in [1.29, 1.82) is 0 Å². The van der Waals surface area contributed by atoms with Gasteiger partial charge in [-0.1, -0.05) is 20.3 Å². The molecule has 4 N–H and O–H groups in total. The van der Waals surface area contributed by atoms with E-state index in [1.54, 1.807) is 0 Å². The minimum absolute atomic E-state index is 0.187. The molecule has 0 rings (SSSR count). The lowest BCUT2D eigenvalue weighted by atomic mass is 9.99. The standard InChI is InChI=1S/C10H22N2O/c1-8(2)7-10(13)9(12)5-3-4-6-11/h8-9H,3-7,11-12H2,1-2H3/t9-/m0/s1. The Morgan fingerprint density at radius 3 is 2.38 bits per heavy atom. The van der Waals surface area contributed by atoms with Gasteiger partial charge in [-0.15, -0.1) is 0 Å². The Hall–Kier alpha value is -0.410. The molecule has 13 heavy (non-hydrogen) atoms. The first-order chi connectivity index (χ1) is 6.07. The van der Waals surface area contributed by atoms with E-state index in [1.165, 1.54) is 0 Å². The summed E-state index contributed by atoms with van der Waals surface area (Å²) in [6.07, 6.45) is 3.30. The van der Waals surface area contributed by atoms with Crippen molar-refractivity contribution in [3.63, 3.8) is 0 Å². The number of rotatable bonds is 7. The summed E-state index contributed by atoms with van der Waals surface area (Å²) in [5.41, 5.74) is 11.1. The molecule has 0 unspecified atom stereocenters. The van der Waals surface area contributed by atoms with Crippen LogP contribution in [-0.4, -0.2) is 18.4 Å².